The Balaban J connectivity index is 2.35. The highest BCUT2D eigenvalue weighted by Gasteiger charge is 2.20. The predicted octanol–water partition coefficient (Wildman–Crippen LogP) is 0.949. The van der Waals surface area contributed by atoms with Gasteiger partial charge in [0.05, 0.1) is 36.5 Å². The molecule has 7 nitrogen and oxygen atoms in total. The molecule has 1 heterocycles. The minimum atomic E-state index is -1.35. The third-order valence-corrected chi connectivity index (χ3v) is 4.92. The highest BCUT2D eigenvalue weighted by Crippen LogP contribution is 2.30. The lowest BCUT2D eigenvalue weighted by Gasteiger charge is -2.19. The molecule has 1 N–H and O–H groups in total. The number of aryl methyl sites for hydroxylation is 2. The summed E-state index contributed by atoms with van der Waals surface area (Å²) >= 11 is 1.47. The number of carbonyl (C=O) groups is 2. The molecule has 1 atom stereocenters. The number of benzene rings is 1. The van der Waals surface area contributed by atoms with Gasteiger partial charge in [-0.15, -0.1) is 0 Å². The van der Waals surface area contributed by atoms with E-state index in [1.807, 2.05) is 19.2 Å². The van der Waals surface area contributed by atoms with Crippen LogP contribution < -0.4 is 20.8 Å². The maximum absolute atomic E-state index is 12.4. The van der Waals surface area contributed by atoms with Gasteiger partial charge < -0.3 is 24.4 Å². The molecule has 1 aromatic heterocycles. The minimum absolute atomic E-state index is 0.170. The van der Waals surface area contributed by atoms with Crippen LogP contribution in [0.25, 0.3) is 11.0 Å². The Morgan fingerprint density at radius 3 is 2.63 bits per heavy atom. The van der Waals surface area contributed by atoms with Crippen LogP contribution in [0.1, 0.15) is 23.1 Å². The van der Waals surface area contributed by atoms with E-state index >= 15 is 0 Å². The summed E-state index contributed by atoms with van der Waals surface area (Å²) in [5.41, 5.74) is 1.37. The molecule has 0 radical (unpaired) electrons. The van der Waals surface area contributed by atoms with E-state index in [4.69, 9.17) is 9.15 Å². The molecule has 0 fully saturated rings. The summed E-state index contributed by atoms with van der Waals surface area (Å²) in [5.74, 6) is -0.824. The van der Waals surface area contributed by atoms with E-state index in [9.17, 15) is 19.5 Å². The van der Waals surface area contributed by atoms with Crippen LogP contribution in [0.2, 0.25) is 0 Å². The fourth-order valence-electron chi connectivity index (χ4n) is 2.89. The van der Waals surface area contributed by atoms with Crippen LogP contribution in [0.3, 0.4) is 0 Å². The van der Waals surface area contributed by atoms with Crippen LogP contribution in [0.15, 0.2) is 21.3 Å². The summed E-state index contributed by atoms with van der Waals surface area (Å²) in [7, 11) is 1.52. The summed E-state index contributed by atoms with van der Waals surface area (Å²) in [6.45, 7) is 3.57. The lowest BCUT2D eigenvalue weighted by molar-refractivity contribution is -0.308. The van der Waals surface area contributed by atoms with Crippen molar-refractivity contribution in [3.63, 3.8) is 0 Å². The van der Waals surface area contributed by atoms with Crippen molar-refractivity contribution in [2.45, 2.75) is 32.7 Å². The number of fused-ring (bicyclic) bond motifs is 1. The molecule has 0 bridgehead atoms. The van der Waals surface area contributed by atoms with Crippen molar-refractivity contribution in [1.29, 1.82) is 0 Å². The van der Waals surface area contributed by atoms with E-state index in [0.29, 0.717) is 28.0 Å². The van der Waals surface area contributed by atoms with Crippen LogP contribution in [0, 0.1) is 13.8 Å². The lowest BCUT2D eigenvalue weighted by Crippen LogP contribution is -2.48. The maximum Gasteiger partial charge on any atom is 0.340 e. The largest absolute Gasteiger partial charge is 0.548 e. The van der Waals surface area contributed by atoms with Crippen LogP contribution in [-0.2, 0) is 16.0 Å². The highest BCUT2D eigenvalue weighted by molar-refractivity contribution is 7.98. The molecule has 8 heteroatoms. The molecule has 0 saturated carbocycles. The molecule has 27 heavy (non-hydrogen) atoms. The Morgan fingerprint density at radius 1 is 1.33 bits per heavy atom. The van der Waals surface area contributed by atoms with Gasteiger partial charge in [-0.05, 0) is 55.5 Å². The van der Waals surface area contributed by atoms with Gasteiger partial charge in [-0.2, -0.15) is 11.8 Å². The lowest BCUT2D eigenvalue weighted by atomic mass is 10.0. The summed E-state index contributed by atoms with van der Waals surface area (Å²) in [4.78, 5) is 35.9. The first-order chi connectivity index (χ1) is 12.8. The smallest absolute Gasteiger partial charge is 0.340 e. The van der Waals surface area contributed by atoms with E-state index < -0.39 is 23.5 Å². The molecule has 0 aliphatic carbocycles. The quantitative estimate of drug-likeness (QED) is 0.666. The average Bonchev–Trinajstić information content (AvgIpc) is 2.60. The molecule has 2 rings (SSSR count). The van der Waals surface area contributed by atoms with Gasteiger partial charge in [-0.1, -0.05) is 0 Å². The number of carboxylic acids is 1. The summed E-state index contributed by atoms with van der Waals surface area (Å²) in [6, 6.07) is 2.44. The number of thioether (sulfide) groups is 1. The van der Waals surface area contributed by atoms with Crippen molar-refractivity contribution in [3.05, 3.63) is 39.2 Å². The van der Waals surface area contributed by atoms with Crippen molar-refractivity contribution in [1.82, 2.24) is 5.32 Å². The SMILES string of the molecule is COc1cc(C)cc2oc(=O)c(CC(=O)N[C@@H](CCSC)C(=O)[O-])c(C)c12. The molecule has 1 aromatic carbocycles. The zero-order valence-electron chi connectivity index (χ0n) is 15.7. The number of methoxy groups -OCH3 is 1. The molecule has 0 aliphatic heterocycles. The predicted molar refractivity (Wildman–Crippen MR) is 102 cm³/mol. The average molecular weight is 392 g/mol. The molecule has 1 amide bonds. The Kier molecular flexibility index (Phi) is 6.90. The van der Waals surface area contributed by atoms with Crippen molar-refractivity contribution in [2.75, 3.05) is 19.1 Å². The van der Waals surface area contributed by atoms with Gasteiger partial charge in [0.2, 0.25) is 5.91 Å². The molecular formula is C19H22NO6S-. The minimum Gasteiger partial charge on any atom is -0.548 e. The van der Waals surface area contributed by atoms with Gasteiger partial charge in [0.15, 0.2) is 0 Å². The maximum atomic E-state index is 12.4. The van der Waals surface area contributed by atoms with E-state index in [2.05, 4.69) is 5.32 Å². The number of carboxylic acid groups (broad SMARTS) is 1. The zero-order valence-corrected chi connectivity index (χ0v) is 16.5. The van der Waals surface area contributed by atoms with Crippen molar-refractivity contribution in [3.8, 4) is 5.75 Å². The van der Waals surface area contributed by atoms with Crippen molar-refractivity contribution >= 4 is 34.6 Å². The van der Waals surface area contributed by atoms with E-state index in [1.54, 1.807) is 13.0 Å². The standard InChI is InChI=1S/C19H23NO6S/c1-10-7-14(25-3)17-11(2)12(19(24)26-15(17)8-10)9-16(21)20-13(18(22)23)5-6-27-4/h7-8,13H,5-6,9H2,1-4H3,(H,20,21)(H,22,23)/p-1/t13-/m0/s1. The van der Waals surface area contributed by atoms with Crippen LogP contribution in [0.4, 0.5) is 0 Å². The summed E-state index contributed by atoms with van der Waals surface area (Å²) in [5, 5.41) is 14.2. The number of aliphatic carboxylic acids is 1. The monoisotopic (exact) mass is 392 g/mol. The molecule has 146 valence electrons. The molecule has 0 aliphatic rings. The van der Waals surface area contributed by atoms with Crippen LogP contribution >= 0.6 is 11.8 Å². The van der Waals surface area contributed by atoms with E-state index in [-0.39, 0.29) is 18.4 Å². The van der Waals surface area contributed by atoms with Crippen molar-refractivity contribution < 1.29 is 23.8 Å². The first-order valence-electron chi connectivity index (χ1n) is 8.38. The Labute approximate surface area is 161 Å². The number of amides is 1. The summed E-state index contributed by atoms with van der Waals surface area (Å²) < 4.78 is 10.7. The fourth-order valence-corrected chi connectivity index (χ4v) is 3.36. The number of nitrogens with one attached hydrogen (secondary N) is 1. The Hall–Kier alpha value is -2.48. The third-order valence-electron chi connectivity index (χ3n) is 4.27. The van der Waals surface area contributed by atoms with E-state index in [0.717, 1.165) is 5.56 Å². The third kappa shape index (κ3) is 4.82. The van der Waals surface area contributed by atoms with Gasteiger partial charge in [0.1, 0.15) is 11.3 Å². The van der Waals surface area contributed by atoms with Gasteiger partial charge in [0, 0.05) is 0 Å². The van der Waals surface area contributed by atoms with Crippen LogP contribution in [0.5, 0.6) is 5.75 Å². The molecule has 0 saturated heterocycles. The van der Waals surface area contributed by atoms with Gasteiger partial charge in [0.25, 0.3) is 0 Å². The number of rotatable bonds is 8. The fraction of sp³-hybridized carbons (Fsp3) is 0.421. The Morgan fingerprint density at radius 2 is 2.04 bits per heavy atom. The molecular weight excluding hydrogens is 370 g/mol. The van der Waals surface area contributed by atoms with Gasteiger partial charge >= 0.3 is 5.63 Å². The molecule has 2 aromatic rings. The second kappa shape index (κ2) is 8.94. The Bertz CT molecular complexity index is 921. The first kappa shape index (κ1) is 20.8. The second-order valence-corrected chi connectivity index (χ2v) is 7.22. The molecule has 0 unspecified atom stereocenters. The van der Waals surface area contributed by atoms with Crippen molar-refractivity contribution in [2.24, 2.45) is 0 Å². The normalized spacial score (nSPS) is 12.0. The number of hydrogen-bond acceptors (Lipinski definition) is 7. The summed E-state index contributed by atoms with van der Waals surface area (Å²) in [6.07, 6.45) is 1.80. The van der Waals surface area contributed by atoms with Gasteiger partial charge in [-0.25, -0.2) is 4.79 Å². The van der Waals surface area contributed by atoms with E-state index in [1.165, 1.54) is 18.9 Å². The first-order valence-corrected chi connectivity index (χ1v) is 9.78. The number of hydrogen-bond donors (Lipinski definition) is 1. The topological polar surface area (TPSA) is 109 Å². The van der Waals surface area contributed by atoms with Crippen LogP contribution in [-0.4, -0.2) is 37.0 Å². The zero-order chi connectivity index (χ0) is 20.1. The van der Waals surface area contributed by atoms with Gasteiger partial charge in [-0.3, -0.25) is 4.79 Å². The second-order valence-electron chi connectivity index (χ2n) is 6.23. The molecule has 0 spiro atoms. The highest BCUT2D eigenvalue weighted by atomic mass is 32.2. The number of carbonyl (C=O) groups excluding carboxylic acids is 2. The number of ether oxygens (including phenoxy) is 1.